The highest BCUT2D eigenvalue weighted by Gasteiger charge is 2.05. The molecule has 0 spiro atoms. The van der Waals surface area contributed by atoms with E-state index in [4.69, 9.17) is 19.9 Å². The van der Waals surface area contributed by atoms with Gasteiger partial charge < -0.3 is 19.9 Å². The maximum absolute atomic E-state index is 5.80. The van der Waals surface area contributed by atoms with E-state index in [9.17, 15) is 0 Å². The quantitative estimate of drug-likeness (QED) is 0.879. The van der Waals surface area contributed by atoms with Crippen LogP contribution >= 0.6 is 0 Å². The summed E-state index contributed by atoms with van der Waals surface area (Å²) in [6.07, 6.45) is 0. The normalized spacial score (nSPS) is 10.2. The zero-order valence-electron chi connectivity index (χ0n) is 11.8. The van der Waals surface area contributed by atoms with Crippen molar-refractivity contribution in [2.45, 2.75) is 13.2 Å². The Kier molecular flexibility index (Phi) is 4.85. The van der Waals surface area contributed by atoms with Gasteiger partial charge in [-0.3, -0.25) is 0 Å². The predicted octanol–water partition coefficient (Wildman–Crippen LogP) is 2.74. The average molecular weight is 273 g/mol. The van der Waals surface area contributed by atoms with Crippen LogP contribution in [0.3, 0.4) is 0 Å². The second-order valence-electron chi connectivity index (χ2n) is 4.31. The molecule has 0 aliphatic heterocycles. The second-order valence-corrected chi connectivity index (χ2v) is 4.31. The Labute approximate surface area is 119 Å². The Morgan fingerprint density at radius 2 is 1.40 bits per heavy atom. The van der Waals surface area contributed by atoms with Crippen molar-refractivity contribution in [3.05, 3.63) is 53.6 Å². The van der Waals surface area contributed by atoms with Crippen LogP contribution in [0.5, 0.6) is 17.2 Å². The summed E-state index contributed by atoms with van der Waals surface area (Å²) in [6, 6.07) is 13.4. The van der Waals surface area contributed by atoms with Crippen molar-refractivity contribution >= 4 is 0 Å². The molecule has 0 aliphatic carbocycles. The van der Waals surface area contributed by atoms with Gasteiger partial charge in [0, 0.05) is 24.7 Å². The van der Waals surface area contributed by atoms with Crippen molar-refractivity contribution in [3.63, 3.8) is 0 Å². The fraction of sp³-hybridized carbons (Fsp3) is 0.250. The number of ether oxygens (including phenoxy) is 3. The van der Waals surface area contributed by atoms with Crippen molar-refractivity contribution in [3.8, 4) is 17.2 Å². The Hall–Kier alpha value is -2.20. The third-order valence-corrected chi connectivity index (χ3v) is 3.06. The molecular weight excluding hydrogens is 254 g/mol. The molecule has 0 saturated heterocycles. The summed E-state index contributed by atoms with van der Waals surface area (Å²) < 4.78 is 16.2. The molecule has 2 aromatic rings. The first kappa shape index (κ1) is 14.2. The summed E-state index contributed by atoms with van der Waals surface area (Å²) in [6.45, 7) is 0.963. The van der Waals surface area contributed by atoms with Gasteiger partial charge >= 0.3 is 0 Å². The number of methoxy groups -OCH3 is 2. The molecule has 0 radical (unpaired) electrons. The third-order valence-electron chi connectivity index (χ3n) is 3.06. The van der Waals surface area contributed by atoms with Gasteiger partial charge in [-0.05, 0) is 11.1 Å². The van der Waals surface area contributed by atoms with E-state index in [1.807, 2.05) is 36.4 Å². The van der Waals surface area contributed by atoms with E-state index in [1.165, 1.54) is 0 Å². The molecule has 0 atom stereocenters. The van der Waals surface area contributed by atoms with Crippen molar-refractivity contribution < 1.29 is 14.2 Å². The number of nitrogens with two attached hydrogens (primary N) is 1. The molecule has 2 rings (SSSR count). The van der Waals surface area contributed by atoms with Crippen LogP contribution in [0.1, 0.15) is 11.1 Å². The minimum absolute atomic E-state index is 0.462. The highest BCUT2D eigenvalue weighted by Crippen LogP contribution is 2.28. The molecule has 0 aromatic heterocycles. The SMILES string of the molecule is COc1cc(OC)cc(OCc2ccccc2CN)c1. The lowest BCUT2D eigenvalue weighted by molar-refractivity contribution is 0.299. The molecule has 0 bridgehead atoms. The zero-order valence-corrected chi connectivity index (χ0v) is 11.8. The van der Waals surface area contributed by atoms with E-state index in [0.29, 0.717) is 30.4 Å². The lowest BCUT2D eigenvalue weighted by Crippen LogP contribution is -2.04. The molecule has 0 heterocycles. The third kappa shape index (κ3) is 3.42. The van der Waals surface area contributed by atoms with Crippen LogP contribution in [0.25, 0.3) is 0 Å². The number of hydrogen-bond donors (Lipinski definition) is 1. The van der Waals surface area contributed by atoms with Crippen molar-refractivity contribution in [2.75, 3.05) is 14.2 Å². The van der Waals surface area contributed by atoms with Gasteiger partial charge in [-0.25, -0.2) is 0 Å². The zero-order chi connectivity index (χ0) is 14.4. The van der Waals surface area contributed by atoms with E-state index in [-0.39, 0.29) is 0 Å². The summed E-state index contributed by atoms with van der Waals surface area (Å²) >= 11 is 0. The molecule has 4 nitrogen and oxygen atoms in total. The highest BCUT2D eigenvalue weighted by atomic mass is 16.5. The van der Waals surface area contributed by atoms with Crippen LogP contribution in [0.2, 0.25) is 0 Å². The Morgan fingerprint density at radius 3 is 1.95 bits per heavy atom. The first-order valence-corrected chi connectivity index (χ1v) is 6.39. The fourth-order valence-electron chi connectivity index (χ4n) is 1.92. The van der Waals surface area contributed by atoms with Gasteiger partial charge in [0.1, 0.15) is 23.9 Å². The van der Waals surface area contributed by atoms with Gasteiger partial charge in [-0.2, -0.15) is 0 Å². The summed E-state index contributed by atoms with van der Waals surface area (Å²) in [4.78, 5) is 0. The second kappa shape index (κ2) is 6.82. The van der Waals surface area contributed by atoms with E-state index < -0.39 is 0 Å². The molecule has 0 amide bonds. The van der Waals surface area contributed by atoms with Crippen LogP contribution in [-0.4, -0.2) is 14.2 Å². The van der Waals surface area contributed by atoms with Crippen LogP contribution in [0, 0.1) is 0 Å². The lowest BCUT2D eigenvalue weighted by Gasteiger charge is -2.12. The van der Waals surface area contributed by atoms with Gasteiger partial charge in [0.15, 0.2) is 0 Å². The van der Waals surface area contributed by atoms with Gasteiger partial charge in [0.05, 0.1) is 14.2 Å². The van der Waals surface area contributed by atoms with Crippen molar-refractivity contribution in [1.82, 2.24) is 0 Å². The molecule has 0 saturated carbocycles. The van der Waals surface area contributed by atoms with E-state index in [2.05, 4.69) is 0 Å². The topological polar surface area (TPSA) is 53.7 Å². The molecule has 0 fully saturated rings. The number of benzene rings is 2. The van der Waals surface area contributed by atoms with Crippen LogP contribution in [0.15, 0.2) is 42.5 Å². The highest BCUT2D eigenvalue weighted by molar-refractivity contribution is 5.42. The minimum Gasteiger partial charge on any atom is -0.496 e. The molecule has 0 aliphatic rings. The minimum atomic E-state index is 0.462. The average Bonchev–Trinajstić information content (AvgIpc) is 2.52. The molecular formula is C16H19NO3. The fourth-order valence-corrected chi connectivity index (χ4v) is 1.92. The van der Waals surface area contributed by atoms with Gasteiger partial charge in [-0.15, -0.1) is 0 Å². The van der Waals surface area contributed by atoms with E-state index in [0.717, 1.165) is 11.1 Å². The standard InChI is InChI=1S/C16H19NO3/c1-18-14-7-15(19-2)9-16(8-14)20-11-13-6-4-3-5-12(13)10-17/h3-9H,10-11,17H2,1-2H3. The Morgan fingerprint density at radius 1 is 0.850 bits per heavy atom. The van der Waals surface area contributed by atoms with E-state index in [1.54, 1.807) is 20.3 Å². The molecule has 106 valence electrons. The lowest BCUT2D eigenvalue weighted by atomic mass is 10.1. The Balaban J connectivity index is 2.14. The monoisotopic (exact) mass is 273 g/mol. The molecule has 2 N–H and O–H groups in total. The van der Waals surface area contributed by atoms with Crippen LogP contribution in [-0.2, 0) is 13.2 Å². The maximum atomic E-state index is 5.80. The summed E-state index contributed by atoms with van der Waals surface area (Å²) in [5.74, 6) is 2.10. The summed E-state index contributed by atoms with van der Waals surface area (Å²) in [5.41, 5.74) is 7.88. The van der Waals surface area contributed by atoms with Gasteiger partial charge in [0.25, 0.3) is 0 Å². The van der Waals surface area contributed by atoms with Crippen LogP contribution < -0.4 is 19.9 Å². The Bertz CT molecular complexity index is 547. The first-order valence-electron chi connectivity index (χ1n) is 6.39. The first-order chi connectivity index (χ1) is 9.76. The predicted molar refractivity (Wildman–Crippen MR) is 78.2 cm³/mol. The van der Waals surface area contributed by atoms with Crippen LogP contribution in [0.4, 0.5) is 0 Å². The summed E-state index contributed by atoms with van der Waals surface area (Å²) in [5, 5.41) is 0. The smallest absolute Gasteiger partial charge is 0.127 e. The van der Waals surface area contributed by atoms with Crippen molar-refractivity contribution in [1.29, 1.82) is 0 Å². The molecule has 0 unspecified atom stereocenters. The molecule has 20 heavy (non-hydrogen) atoms. The van der Waals surface area contributed by atoms with Gasteiger partial charge in [-0.1, -0.05) is 24.3 Å². The van der Waals surface area contributed by atoms with Crippen molar-refractivity contribution in [2.24, 2.45) is 5.73 Å². The maximum Gasteiger partial charge on any atom is 0.127 e. The number of rotatable bonds is 6. The van der Waals surface area contributed by atoms with E-state index >= 15 is 0 Å². The largest absolute Gasteiger partial charge is 0.496 e. The summed E-state index contributed by atoms with van der Waals surface area (Å²) in [7, 11) is 3.23. The molecule has 4 heteroatoms. The number of hydrogen-bond acceptors (Lipinski definition) is 4. The molecule has 2 aromatic carbocycles. The van der Waals surface area contributed by atoms with Gasteiger partial charge in [0.2, 0.25) is 0 Å².